The molecule has 7 N–H and O–H groups in total. The molecule has 0 unspecified atom stereocenters. The van der Waals surface area contributed by atoms with Crippen LogP contribution in [0, 0.1) is 5.41 Å². The topological polar surface area (TPSA) is 124 Å². The second-order valence-corrected chi connectivity index (χ2v) is 4.77. The quantitative estimate of drug-likeness (QED) is 0.316. The van der Waals surface area contributed by atoms with Gasteiger partial charge >= 0.3 is 0 Å². The molecule has 0 aliphatic carbocycles. The Kier molecular flexibility index (Phi) is 8.45. The van der Waals surface area contributed by atoms with E-state index in [1.165, 1.54) is 7.05 Å². The van der Waals surface area contributed by atoms with E-state index in [1.54, 1.807) is 6.07 Å². The number of nitrogens with two attached hydrogens (primary N) is 2. The molecule has 7 nitrogen and oxygen atoms in total. The highest BCUT2D eigenvalue weighted by atomic mass is 35.5. The Morgan fingerprint density at radius 3 is 2.70 bits per heavy atom. The highest BCUT2D eigenvalue weighted by Crippen LogP contribution is 2.24. The maximum absolute atomic E-state index is 12.2. The Labute approximate surface area is 147 Å². The molecule has 0 spiro atoms. The summed E-state index contributed by atoms with van der Waals surface area (Å²) < 4.78 is 0. The fourth-order valence-electron chi connectivity index (χ4n) is 2.03. The number of H-pyrrole nitrogens is 1. The molecule has 1 aromatic heterocycles. The zero-order chi connectivity index (χ0) is 15.4. The third-order valence-corrected chi connectivity index (χ3v) is 3.25. The number of carbonyl (C=O) groups excluding carboxylic acids is 1. The molecule has 2 aromatic rings. The lowest BCUT2D eigenvalue weighted by atomic mass is 10.2. The molecule has 9 heteroatoms. The van der Waals surface area contributed by atoms with Gasteiger partial charge in [-0.05, 0) is 25.1 Å². The zero-order valence-corrected chi connectivity index (χ0v) is 14.4. The van der Waals surface area contributed by atoms with Crippen LogP contribution in [0.5, 0.6) is 0 Å². The van der Waals surface area contributed by atoms with Crippen molar-refractivity contribution in [3.05, 3.63) is 30.0 Å². The third kappa shape index (κ3) is 4.75. The maximum Gasteiger partial charge on any atom is 0.276 e. The summed E-state index contributed by atoms with van der Waals surface area (Å²) in [5, 5.41) is 11.5. The van der Waals surface area contributed by atoms with Gasteiger partial charge in [0.2, 0.25) is 0 Å². The summed E-state index contributed by atoms with van der Waals surface area (Å²) in [5.74, 6) is -0.633. The van der Waals surface area contributed by atoms with Gasteiger partial charge in [-0.3, -0.25) is 15.1 Å². The zero-order valence-electron chi connectivity index (χ0n) is 12.8. The number of carbonyl (C=O) groups is 1. The van der Waals surface area contributed by atoms with E-state index >= 15 is 0 Å². The molecular weight excluding hydrogens is 339 g/mol. The number of aromatic amines is 1. The number of anilines is 1. The number of hydrogen-bond donors (Lipinski definition) is 5. The van der Waals surface area contributed by atoms with Gasteiger partial charge in [0.25, 0.3) is 5.91 Å². The van der Waals surface area contributed by atoms with Gasteiger partial charge in [0.05, 0.1) is 11.2 Å². The number of halogens is 2. The second-order valence-electron chi connectivity index (χ2n) is 4.77. The van der Waals surface area contributed by atoms with Crippen molar-refractivity contribution in [2.24, 2.45) is 11.5 Å². The van der Waals surface area contributed by atoms with Crippen LogP contribution in [0.4, 0.5) is 5.69 Å². The molecule has 0 fully saturated rings. The Morgan fingerprint density at radius 2 is 2.09 bits per heavy atom. The average molecular weight is 361 g/mol. The minimum absolute atomic E-state index is 0. The van der Waals surface area contributed by atoms with E-state index in [1.807, 2.05) is 18.2 Å². The van der Waals surface area contributed by atoms with Crippen molar-refractivity contribution < 1.29 is 4.79 Å². The predicted octanol–water partition coefficient (Wildman–Crippen LogP) is 1.74. The predicted molar refractivity (Wildman–Crippen MR) is 99.0 cm³/mol. The first-order valence-electron chi connectivity index (χ1n) is 6.72. The van der Waals surface area contributed by atoms with Gasteiger partial charge in [-0.2, -0.15) is 0 Å². The van der Waals surface area contributed by atoms with Gasteiger partial charge in [-0.1, -0.05) is 12.1 Å². The summed E-state index contributed by atoms with van der Waals surface area (Å²) in [6.07, 6.45) is 0.871. The molecule has 0 radical (unpaired) electrons. The number of para-hydroxylation sites is 1. The van der Waals surface area contributed by atoms with E-state index in [0.717, 1.165) is 34.5 Å². The molecule has 128 valence electrons. The minimum Gasteiger partial charge on any atom is -0.383 e. The van der Waals surface area contributed by atoms with Crippen molar-refractivity contribution in [2.45, 2.75) is 6.42 Å². The first-order chi connectivity index (χ1) is 10.0. The average Bonchev–Trinajstić information content (AvgIpc) is 2.90. The number of nitrogens with zero attached hydrogens (tertiary/aromatic N) is 1. The molecule has 2 rings (SSSR count). The van der Waals surface area contributed by atoms with Gasteiger partial charge in [0, 0.05) is 19.0 Å². The van der Waals surface area contributed by atoms with Crippen LogP contribution in [0.2, 0.25) is 0 Å². The molecule has 1 aromatic carbocycles. The third-order valence-electron chi connectivity index (χ3n) is 3.25. The minimum atomic E-state index is -0.341. The van der Waals surface area contributed by atoms with E-state index in [4.69, 9.17) is 16.9 Å². The molecule has 0 aliphatic rings. The largest absolute Gasteiger partial charge is 0.383 e. The standard InChI is InChI=1S/C14H20N6O.2ClH/c1-20(14(16)17)13(21)11-8-9-4-2-5-10(12(9)19-11)18-7-3-6-15;;/h2,4-5,8,18-19H,3,6-7,15H2,1H3,(H3,16,17);2*1H. The molecule has 0 bridgehead atoms. The summed E-state index contributed by atoms with van der Waals surface area (Å²) in [6, 6.07) is 7.54. The van der Waals surface area contributed by atoms with Crippen LogP contribution in [0.3, 0.4) is 0 Å². The molecule has 1 heterocycles. The fraction of sp³-hybridized carbons (Fsp3) is 0.286. The highest BCUT2D eigenvalue weighted by molar-refractivity contribution is 6.06. The number of guanidine groups is 1. The van der Waals surface area contributed by atoms with Crippen molar-refractivity contribution in [3.8, 4) is 0 Å². The number of benzene rings is 1. The van der Waals surface area contributed by atoms with Crippen LogP contribution in [0.25, 0.3) is 10.9 Å². The summed E-state index contributed by atoms with van der Waals surface area (Å²) in [7, 11) is 1.47. The number of fused-ring (bicyclic) bond motifs is 1. The number of aromatic nitrogens is 1. The normalized spacial score (nSPS) is 9.65. The van der Waals surface area contributed by atoms with Crippen molar-refractivity contribution in [3.63, 3.8) is 0 Å². The highest BCUT2D eigenvalue weighted by Gasteiger charge is 2.17. The molecule has 1 amide bonds. The van der Waals surface area contributed by atoms with E-state index in [2.05, 4.69) is 10.3 Å². The molecule has 0 atom stereocenters. The monoisotopic (exact) mass is 360 g/mol. The van der Waals surface area contributed by atoms with Crippen molar-refractivity contribution in [1.29, 1.82) is 5.41 Å². The number of nitrogens with one attached hydrogen (secondary N) is 3. The van der Waals surface area contributed by atoms with Crippen molar-refractivity contribution >= 4 is 53.3 Å². The van der Waals surface area contributed by atoms with Gasteiger partial charge < -0.3 is 21.8 Å². The lowest BCUT2D eigenvalue weighted by Crippen LogP contribution is -2.38. The van der Waals surface area contributed by atoms with E-state index in [9.17, 15) is 4.79 Å². The van der Waals surface area contributed by atoms with Crippen LogP contribution >= 0.6 is 24.8 Å². The van der Waals surface area contributed by atoms with Crippen LogP contribution in [-0.4, -0.2) is 41.9 Å². The molecule has 23 heavy (non-hydrogen) atoms. The first kappa shape index (κ1) is 21.0. The lowest BCUT2D eigenvalue weighted by molar-refractivity contribution is 0.0864. The number of amides is 1. The molecular formula is C14H22Cl2N6O. The van der Waals surface area contributed by atoms with Gasteiger partial charge in [0.15, 0.2) is 5.96 Å². The van der Waals surface area contributed by atoms with Gasteiger partial charge in [-0.15, -0.1) is 24.8 Å². The summed E-state index contributed by atoms with van der Waals surface area (Å²) in [4.78, 5) is 16.3. The van der Waals surface area contributed by atoms with Gasteiger partial charge in [0.1, 0.15) is 5.69 Å². The van der Waals surface area contributed by atoms with Crippen LogP contribution in [-0.2, 0) is 0 Å². The Balaban J connectivity index is 0.00000242. The van der Waals surface area contributed by atoms with E-state index in [-0.39, 0.29) is 36.7 Å². The smallest absolute Gasteiger partial charge is 0.276 e. The summed E-state index contributed by atoms with van der Waals surface area (Å²) in [5.41, 5.74) is 13.0. The molecule has 0 saturated carbocycles. The second kappa shape index (κ2) is 9.24. The lowest BCUT2D eigenvalue weighted by Gasteiger charge is -2.12. The molecule has 0 aliphatic heterocycles. The maximum atomic E-state index is 12.2. The van der Waals surface area contributed by atoms with Crippen LogP contribution in [0.1, 0.15) is 16.9 Å². The number of hydrogen-bond acceptors (Lipinski definition) is 4. The van der Waals surface area contributed by atoms with E-state index in [0.29, 0.717) is 12.2 Å². The SMILES string of the molecule is CN(C(=N)N)C(=O)c1cc2cccc(NCCCN)c2[nH]1.Cl.Cl. The Hall–Kier alpha value is -1.96. The fourth-order valence-corrected chi connectivity index (χ4v) is 2.03. The Morgan fingerprint density at radius 1 is 1.39 bits per heavy atom. The van der Waals surface area contributed by atoms with E-state index < -0.39 is 0 Å². The van der Waals surface area contributed by atoms with Crippen LogP contribution in [0.15, 0.2) is 24.3 Å². The van der Waals surface area contributed by atoms with Crippen molar-refractivity contribution in [1.82, 2.24) is 9.88 Å². The summed E-state index contributed by atoms with van der Waals surface area (Å²) in [6.45, 7) is 1.39. The number of rotatable bonds is 5. The Bertz CT molecular complexity index is 672. The van der Waals surface area contributed by atoms with Crippen LogP contribution < -0.4 is 16.8 Å². The van der Waals surface area contributed by atoms with Crippen molar-refractivity contribution in [2.75, 3.05) is 25.5 Å². The molecule has 0 saturated heterocycles. The first-order valence-corrected chi connectivity index (χ1v) is 6.72. The summed E-state index contributed by atoms with van der Waals surface area (Å²) >= 11 is 0. The van der Waals surface area contributed by atoms with Gasteiger partial charge in [-0.25, -0.2) is 0 Å².